The lowest BCUT2D eigenvalue weighted by molar-refractivity contribution is -0.143. The molecule has 1 saturated heterocycles. The van der Waals surface area contributed by atoms with Crippen molar-refractivity contribution in [2.24, 2.45) is 5.92 Å². The van der Waals surface area contributed by atoms with Gasteiger partial charge in [0.1, 0.15) is 5.60 Å². The first-order valence-electron chi connectivity index (χ1n) is 12.3. The molecule has 1 rings (SSSR count). The number of amides is 2. The molecular weight excluding hydrogens is 440 g/mol. The van der Waals surface area contributed by atoms with Gasteiger partial charge in [0.25, 0.3) is 0 Å². The van der Waals surface area contributed by atoms with Gasteiger partial charge in [-0.1, -0.05) is 13.8 Å². The molecule has 0 radical (unpaired) electrons. The van der Waals surface area contributed by atoms with Crippen LogP contribution in [0.3, 0.4) is 0 Å². The molecule has 198 valence electrons. The smallest absolute Gasteiger partial charge is 0.411 e. The molecule has 1 heterocycles. The number of nitrogens with zero attached hydrogens (tertiary/aromatic N) is 1. The third-order valence-electron chi connectivity index (χ3n) is 6.56. The van der Waals surface area contributed by atoms with Crippen molar-refractivity contribution in [2.75, 3.05) is 20.3 Å². The van der Waals surface area contributed by atoms with E-state index in [-0.39, 0.29) is 24.2 Å². The molecule has 0 saturated carbocycles. The summed E-state index contributed by atoms with van der Waals surface area (Å²) in [7, 11) is 1.61. The van der Waals surface area contributed by atoms with Gasteiger partial charge in [0, 0.05) is 26.6 Å². The predicted molar refractivity (Wildman–Crippen MR) is 129 cm³/mol. The molecule has 1 N–H and O–H groups in total. The van der Waals surface area contributed by atoms with Crippen LogP contribution in [-0.4, -0.2) is 78.6 Å². The van der Waals surface area contributed by atoms with Crippen molar-refractivity contribution in [1.82, 2.24) is 10.2 Å². The molecule has 9 nitrogen and oxygen atoms in total. The third kappa shape index (κ3) is 7.65. The van der Waals surface area contributed by atoms with Crippen LogP contribution >= 0.6 is 0 Å². The Hall–Kier alpha value is -1.71. The van der Waals surface area contributed by atoms with Gasteiger partial charge >= 0.3 is 6.09 Å². The summed E-state index contributed by atoms with van der Waals surface area (Å²) in [6, 6.07) is -1.87. The van der Waals surface area contributed by atoms with Crippen LogP contribution in [0.15, 0.2) is 0 Å². The van der Waals surface area contributed by atoms with E-state index in [1.165, 1.54) is 18.7 Å². The average Bonchev–Trinajstić information content (AvgIpc) is 3.11. The Labute approximate surface area is 205 Å². The predicted octanol–water partition coefficient (Wildman–Crippen LogP) is 3.68. The van der Waals surface area contributed by atoms with Crippen molar-refractivity contribution in [2.45, 2.75) is 117 Å². The van der Waals surface area contributed by atoms with Gasteiger partial charge in [-0.15, -0.1) is 0 Å². The summed E-state index contributed by atoms with van der Waals surface area (Å²) < 4.78 is 23.2. The maximum atomic E-state index is 13.5. The van der Waals surface area contributed by atoms with Gasteiger partial charge in [-0.2, -0.15) is 0 Å². The molecule has 1 aliphatic rings. The Bertz CT molecular complexity index is 679. The SMILES string of the molecule is CCOC(C)OC[C@@H]1C[C@H](C(C)=O)N(C(=O)OC(C)(C)C)[C@H]1C(NC(C)=O)C(CC)(CC)OC. The minimum Gasteiger partial charge on any atom is -0.444 e. The molecule has 0 aliphatic carbocycles. The zero-order chi connectivity index (χ0) is 26.3. The second-order valence-corrected chi connectivity index (χ2v) is 10.0. The Morgan fingerprint density at radius 3 is 2.06 bits per heavy atom. The van der Waals surface area contributed by atoms with Gasteiger partial charge in [-0.05, 0) is 60.8 Å². The molecule has 0 spiro atoms. The molecule has 0 bridgehead atoms. The number of rotatable bonds is 12. The first-order valence-corrected chi connectivity index (χ1v) is 12.3. The van der Waals surface area contributed by atoms with E-state index in [0.717, 1.165) is 0 Å². The Kier molecular flexibility index (Phi) is 11.4. The second kappa shape index (κ2) is 12.8. The van der Waals surface area contributed by atoms with E-state index in [0.29, 0.717) is 25.9 Å². The third-order valence-corrected chi connectivity index (χ3v) is 6.56. The largest absolute Gasteiger partial charge is 0.444 e. The van der Waals surface area contributed by atoms with E-state index in [4.69, 9.17) is 18.9 Å². The van der Waals surface area contributed by atoms with Crippen LogP contribution in [0.2, 0.25) is 0 Å². The van der Waals surface area contributed by atoms with E-state index < -0.39 is 41.7 Å². The fraction of sp³-hybridized carbons (Fsp3) is 0.880. The maximum absolute atomic E-state index is 13.5. The van der Waals surface area contributed by atoms with Crippen LogP contribution in [-0.2, 0) is 28.5 Å². The van der Waals surface area contributed by atoms with E-state index >= 15 is 0 Å². The first kappa shape index (κ1) is 30.3. The molecular formula is C25H46N2O7. The zero-order valence-corrected chi connectivity index (χ0v) is 22.7. The topological polar surface area (TPSA) is 103 Å². The van der Waals surface area contributed by atoms with Crippen molar-refractivity contribution in [3.63, 3.8) is 0 Å². The van der Waals surface area contributed by atoms with Crippen molar-refractivity contribution in [3.8, 4) is 0 Å². The summed E-state index contributed by atoms with van der Waals surface area (Å²) in [6.07, 6.45) is 0.544. The fourth-order valence-electron chi connectivity index (χ4n) is 4.89. The lowest BCUT2D eigenvalue weighted by Gasteiger charge is -2.46. The molecule has 1 fully saturated rings. The van der Waals surface area contributed by atoms with Crippen LogP contribution in [0.25, 0.3) is 0 Å². The fourth-order valence-corrected chi connectivity index (χ4v) is 4.89. The number of Topliss-reactive ketones (excluding diaryl/α,β-unsaturated/α-hetero) is 1. The van der Waals surface area contributed by atoms with Gasteiger partial charge in [0.05, 0.1) is 30.3 Å². The highest BCUT2D eigenvalue weighted by molar-refractivity contribution is 5.86. The number of likely N-dealkylation sites (tertiary alicyclic amines) is 1. The maximum Gasteiger partial charge on any atom is 0.411 e. The normalized spacial score (nSPS) is 22.9. The minimum atomic E-state index is -0.758. The molecule has 0 aromatic heterocycles. The molecule has 2 amide bonds. The van der Waals surface area contributed by atoms with E-state index in [1.807, 2.05) is 27.7 Å². The highest BCUT2D eigenvalue weighted by atomic mass is 16.7. The molecule has 0 aromatic rings. The summed E-state index contributed by atoms with van der Waals surface area (Å²) in [6.45, 7) is 16.7. The van der Waals surface area contributed by atoms with Gasteiger partial charge in [0.2, 0.25) is 5.91 Å². The van der Waals surface area contributed by atoms with Gasteiger partial charge in [-0.3, -0.25) is 14.5 Å². The summed E-state index contributed by atoms with van der Waals surface area (Å²) in [5.41, 5.74) is -1.51. The number of methoxy groups -OCH3 is 1. The van der Waals surface area contributed by atoms with Gasteiger partial charge < -0.3 is 24.3 Å². The lowest BCUT2D eigenvalue weighted by atomic mass is 9.79. The number of ether oxygens (including phenoxy) is 4. The first-order chi connectivity index (χ1) is 15.8. The van der Waals surface area contributed by atoms with Crippen LogP contribution < -0.4 is 5.32 Å². The Balaban J connectivity index is 3.61. The van der Waals surface area contributed by atoms with E-state index in [2.05, 4.69) is 5.32 Å². The number of ketones is 1. The summed E-state index contributed by atoms with van der Waals surface area (Å²) >= 11 is 0. The quantitative estimate of drug-likeness (QED) is 0.420. The number of hydrogen-bond donors (Lipinski definition) is 1. The number of nitrogens with one attached hydrogen (secondary N) is 1. The summed E-state index contributed by atoms with van der Waals surface area (Å²) in [5.74, 6) is -0.645. The van der Waals surface area contributed by atoms with Crippen molar-refractivity contribution >= 4 is 17.8 Å². The Morgan fingerprint density at radius 1 is 1.06 bits per heavy atom. The number of hydrogen-bond acceptors (Lipinski definition) is 7. The highest BCUT2D eigenvalue weighted by Crippen LogP contribution is 2.40. The van der Waals surface area contributed by atoms with Crippen molar-refractivity contribution in [3.05, 3.63) is 0 Å². The van der Waals surface area contributed by atoms with Crippen LogP contribution in [0.5, 0.6) is 0 Å². The second-order valence-electron chi connectivity index (χ2n) is 10.0. The zero-order valence-electron chi connectivity index (χ0n) is 22.7. The van der Waals surface area contributed by atoms with Gasteiger partial charge in [0.15, 0.2) is 12.1 Å². The van der Waals surface area contributed by atoms with Crippen LogP contribution in [0.4, 0.5) is 4.79 Å². The highest BCUT2D eigenvalue weighted by Gasteiger charge is 2.55. The number of carbonyl (C=O) groups excluding carboxylic acids is 3. The van der Waals surface area contributed by atoms with Crippen molar-refractivity contribution in [1.29, 1.82) is 0 Å². The lowest BCUT2D eigenvalue weighted by Crippen LogP contribution is -2.65. The molecule has 9 heteroatoms. The molecule has 34 heavy (non-hydrogen) atoms. The molecule has 5 atom stereocenters. The number of carbonyl (C=O) groups is 3. The summed E-state index contributed by atoms with van der Waals surface area (Å²) in [5, 5.41) is 3.05. The standard InChI is InChI=1S/C25H46N2O7/c1-11-25(12-2,31-10)22(26-17(5)29)21-19(15-33-18(6)32-13-3)14-20(16(4)28)27(21)23(30)34-24(7,8)9/h18-22H,11-15H2,1-10H3,(H,26,29)/t18?,19-,20+,21+,22?/m0/s1. The minimum absolute atomic E-state index is 0.145. The monoisotopic (exact) mass is 486 g/mol. The van der Waals surface area contributed by atoms with Crippen LogP contribution in [0.1, 0.15) is 81.6 Å². The molecule has 1 aliphatic heterocycles. The van der Waals surface area contributed by atoms with Crippen LogP contribution in [0, 0.1) is 5.92 Å². The molecule has 0 aromatic carbocycles. The summed E-state index contributed by atoms with van der Waals surface area (Å²) in [4.78, 5) is 40.1. The Morgan fingerprint density at radius 2 is 1.65 bits per heavy atom. The van der Waals surface area contributed by atoms with Crippen molar-refractivity contribution < 1.29 is 33.3 Å². The molecule has 2 unspecified atom stereocenters. The van der Waals surface area contributed by atoms with E-state index in [9.17, 15) is 14.4 Å². The van der Waals surface area contributed by atoms with E-state index in [1.54, 1.807) is 27.9 Å². The average molecular weight is 487 g/mol. The van der Waals surface area contributed by atoms with Gasteiger partial charge in [-0.25, -0.2) is 4.79 Å².